The Kier molecular flexibility index (Phi) is 8.25. The molecule has 0 spiro atoms. The summed E-state index contributed by atoms with van der Waals surface area (Å²) in [7, 11) is 1.69. The van der Waals surface area contributed by atoms with Crippen LogP contribution in [0.4, 0.5) is 0 Å². The maximum absolute atomic E-state index is 3.67. The van der Waals surface area contributed by atoms with Gasteiger partial charge in [0.25, 0.3) is 0 Å². The molecule has 0 fully saturated rings. The largest absolute Gasteiger partial charge is 0.277 e. The van der Waals surface area contributed by atoms with Crippen LogP contribution in [0.2, 0.25) is 0 Å². The minimum atomic E-state index is 1.14. The maximum Gasteiger partial charge on any atom is 0.109 e. The smallest absolute Gasteiger partial charge is 0.109 e. The van der Waals surface area contributed by atoms with Crippen molar-refractivity contribution in [2.75, 3.05) is 7.05 Å². The number of aliphatic imine (C=N–C) groups is 2. The van der Waals surface area contributed by atoms with Crippen LogP contribution in [0.5, 0.6) is 0 Å². The topological polar surface area (TPSA) is 24.7 Å². The molecule has 0 amide bonds. The van der Waals surface area contributed by atoms with Crippen LogP contribution in [0.3, 0.4) is 0 Å². The van der Waals surface area contributed by atoms with E-state index in [2.05, 4.69) is 48.1 Å². The molecule has 0 heterocycles. The van der Waals surface area contributed by atoms with Crippen molar-refractivity contribution >= 4 is 12.6 Å². The van der Waals surface area contributed by atoms with E-state index in [1.165, 1.54) is 17.5 Å². The van der Waals surface area contributed by atoms with Gasteiger partial charge in [0.05, 0.1) is 0 Å². The molecule has 0 unspecified atom stereocenters. The van der Waals surface area contributed by atoms with E-state index in [0.29, 0.717) is 0 Å². The minimum Gasteiger partial charge on any atom is -0.277 e. The van der Waals surface area contributed by atoms with Crippen LogP contribution in [0.25, 0.3) is 0 Å². The van der Waals surface area contributed by atoms with E-state index < -0.39 is 0 Å². The summed E-state index contributed by atoms with van der Waals surface area (Å²) >= 11 is 0. The first-order chi connectivity index (χ1) is 7.24. The molecule has 2 heteroatoms. The van der Waals surface area contributed by atoms with Gasteiger partial charge in [0.1, 0.15) is 6.34 Å². The van der Waals surface area contributed by atoms with Crippen molar-refractivity contribution in [3.8, 4) is 0 Å². The van der Waals surface area contributed by atoms with Gasteiger partial charge in [-0.05, 0) is 25.8 Å². The Balaban J connectivity index is 0.000000288. The van der Waals surface area contributed by atoms with Crippen molar-refractivity contribution in [3.05, 3.63) is 35.4 Å². The average Bonchev–Trinajstić information content (AvgIpc) is 2.28. The van der Waals surface area contributed by atoms with E-state index in [0.717, 1.165) is 6.42 Å². The van der Waals surface area contributed by atoms with Gasteiger partial charge in [0, 0.05) is 13.3 Å². The zero-order valence-electron chi connectivity index (χ0n) is 10.1. The Morgan fingerprint density at radius 2 is 1.80 bits per heavy atom. The predicted octanol–water partition coefficient (Wildman–Crippen LogP) is 3.29. The van der Waals surface area contributed by atoms with Crippen LogP contribution in [-0.2, 0) is 6.42 Å². The third-order valence-corrected chi connectivity index (χ3v) is 1.86. The molecular weight excluding hydrogens is 184 g/mol. The molecule has 0 bridgehead atoms. The van der Waals surface area contributed by atoms with E-state index in [4.69, 9.17) is 0 Å². The summed E-state index contributed by atoms with van der Waals surface area (Å²) in [6, 6.07) is 8.66. The van der Waals surface area contributed by atoms with Crippen molar-refractivity contribution < 1.29 is 0 Å². The third kappa shape index (κ3) is 7.62. The van der Waals surface area contributed by atoms with Crippen molar-refractivity contribution in [3.63, 3.8) is 0 Å². The third-order valence-electron chi connectivity index (χ3n) is 1.86. The second-order valence-corrected chi connectivity index (χ2v) is 3.12. The van der Waals surface area contributed by atoms with Gasteiger partial charge in [-0.2, -0.15) is 0 Å². The first-order valence-corrected chi connectivity index (χ1v) is 5.18. The van der Waals surface area contributed by atoms with Crippen molar-refractivity contribution in [1.29, 1.82) is 0 Å². The lowest BCUT2D eigenvalue weighted by molar-refractivity contribution is 1.14. The maximum atomic E-state index is 3.67. The van der Waals surface area contributed by atoms with Gasteiger partial charge >= 0.3 is 0 Å². The normalized spacial score (nSPS) is 10.4. The van der Waals surface area contributed by atoms with Gasteiger partial charge in [-0.1, -0.05) is 36.8 Å². The monoisotopic (exact) mass is 204 g/mol. The zero-order valence-corrected chi connectivity index (χ0v) is 10.1. The predicted molar refractivity (Wildman–Crippen MR) is 69.1 cm³/mol. The molecular formula is C13H20N2. The fraction of sp³-hybridized carbons (Fsp3) is 0.385. The molecule has 1 aromatic rings. The van der Waals surface area contributed by atoms with Gasteiger partial charge < -0.3 is 0 Å². The molecule has 0 aromatic heterocycles. The van der Waals surface area contributed by atoms with E-state index in [1.54, 1.807) is 13.3 Å². The van der Waals surface area contributed by atoms with Gasteiger partial charge in [-0.3, -0.25) is 9.98 Å². The van der Waals surface area contributed by atoms with E-state index in [9.17, 15) is 0 Å². The van der Waals surface area contributed by atoms with E-state index in [1.807, 2.05) is 6.92 Å². The summed E-state index contributed by atoms with van der Waals surface area (Å²) < 4.78 is 0. The van der Waals surface area contributed by atoms with E-state index in [-0.39, 0.29) is 0 Å². The number of nitrogens with zero attached hydrogens (tertiary/aromatic N) is 2. The number of aryl methyl sites for hydroxylation is 2. The number of hydrogen-bond acceptors (Lipinski definition) is 1. The molecule has 0 atom stereocenters. The molecule has 0 saturated carbocycles. The number of rotatable bonds is 2. The van der Waals surface area contributed by atoms with Crippen molar-refractivity contribution in [2.45, 2.75) is 27.2 Å². The highest BCUT2D eigenvalue weighted by molar-refractivity contribution is 5.70. The second kappa shape index (κ2) is 9.13. The molecule has 2 nitrogen and oxygen atoms in total. The standard InChI is InChI=1S/C9H12.C4H8N2/c1-3-9-6-4-8(2)5-7-9;1-3-6-4-5-2/h4-7H,3H2,1-2H3;3-4H,1-2H3. The lowest BCUT2D eigenvalue weighted by Crippen LogP contribution is -1.77. The Morgan fingerprint density at radius 3 is 2.13 bits per heavy atom. The molecule has 0 saturated heterocycles. The van der Waals surface area contributed by atoms with Crippen LogP contribution in [0, 0.1) is 6.92 Å². The molecule has 0 radical (unpaired) electrons. The molecule has 82 valence electrons. The summed E-state index contributed by atoms with van der Waals surface area (Å²) in [6.07, 6.45) is 4.33. The van der Waals surface area contributed by atoms with Gasteiger partial charge in [0.15, 0.2) is 0 Å². The summed E-state index contributed by atoms with van der Waals surface area (Å²) in [4.78, 5) is 7.28. The minimum absolute atomic E-state index is 1.14. The fourth-order valence-electron chi connectivity index (χ4n) is 0.957. The van der Waals surface area contributed by atoms with E-state index >= 15 is 0 Å². The van der Waals surface area contributed by atoms with Crippen molar-refractivity contribution in [1.82, 2.24) is 0 Å². The molecule has 0 N–H and O–H groups in total. The fourth-order valence-corrected chi connectivity index (χ4v) is 0.957. The molecule has 0 aliphatic heterocycles. The summed E-state index contributed by atoms with van der Waals surface area (Å²) in [6.45, 7) is 6.13. The Labute approximate surface area is 92.8 Å². The Morgan fingerprint density at radius 1 is 1.20 bits per heavy atom. The molecule has 15 heavy (non-hydrogen) atoms. The number of hydrogen-bond donors (Lipinski definition) is 0. The van der Waals surface area contributed by atoms with Gasteiger partial charge in [-0.15, -0.1) is 0 Å². The second-order valence-electron chi connectivity index (χ2n) is 3.12. The SMILES string of the molecule is CC=NC=NC.CCc1ccc(C)cc1. The van der Waals surface area contributed by atoms with Crippen LogP contribution >= 0.6 is 0 Å². The lowest BCUT2D eigenvalue weighted by atomic mass is 10.1. The lowest BCUT2D eigenvalue weighted by Gasteiger charge is -1.94. The average molecular weight is 204 g/mol. The molecule has 1 rings (SSSR count). The highest BCUT2D eigenvalue weighted by atomic mass is 14.8. The molecule has 1 aromatic carbocycles. The highest BCUT2D eigenvalue weighted by Crippen LogP contribution is 2.02. The highest BCUT2D eigenvalue weighted by Gasteiger charge is 1.84. The summed E-state index contributed by atoms with van der Waals surface area (Å²) in [5.41, 5.74) is 2.76. The Bertz CT molecular complexity index is 287. The number of benzene rings is 1. The van der Waals surface area contributed by atoms with Gasteiger partial charge in [0.2, 0.25) is 0 Å². The van der Waals surface area contributed by atoms with Crippen LogP contribution in [0.1, 0.15) is 25.0 Å². The first-order valence-electron chi connectivity index (χ1n) is 5.18. The van der Waals surface area contributed by atoms with Crippen LogP contribution in [-0.4, -0.2) is 19.6 Å². The molecule has 0 aliphatic rings. The Hall–Kier alpha value is -1.44. The van der Waals surface area contributed by atoms with Crippen LogP contribution in [0.15, 0.2) is 34.3 Å². The summed E-state index contributed by atoms with van der Waals surface area (Å²) in [5.74, 6) is 0. The van der Waals surface area contributed by atoms with Crippen molar-refractivity contribution in [2.24, 2.45) is 9.98 Å². The summed E-state index contributed by atoms with van der Waals surface area (Å²) in [5, 5.41) is 0. The van der Waals surface area contributed by atoms with Crippen LogP contribution < -0.4 is 0 Å². The zero-order chi connectivity index (χ0) is 11.5. The molecule has 0 aliphatic carbocycles. The van der Waals surface area contributed by atoms with Gasteiger partial charge in [-0.25, -0.2) is 0 Å². The first kappa shape index (κ1) is 13.6. The quantitative estimate of drug-likeness (QED) is 0.521.